The Labute approximate surface area is 122 Å². The number of hydrogen-bond acceptors (Lipinski definition) is 3. The van der Waals surface area contributed by atoms with Gasteiger partial charge >= 0.3 is 5.97 Å². The summed E-state index contributed by atoms with van der Waals surface area (Å²) in [7, 11) is 0. The minimum absolute atomic E-state index is 0.128. The molecule has 1 saturated heterocycles. The average molecular weight is 290 g/mol. The van der Waals surface area contributed by atoms with Gasteiger partial charge in [0.05, 0.1) is 5.92 Å². The smallest absolute Gasteiger partial charge is 0.308 e. The summed E-state index contributed by atoms with van der Waals surface area (Å²) < 4.78 is 0. The van der Waals surface area contributed by atoms with Gasteiger partial charge in [0.1, 0.15) is 0 Å². The maximum Gasteiger partial charge on any atom is 0.308 e. The summed E-state index contributed by atoms with van der Waals surface area (Å²) in [6, 6.07) is 6.18. The van der Waals surface area contributed by atoms with Gasteiger partial charge in [-0.05, 0) is 30.5 Å². The minimum atomic E-state index is -0.884. The van der Waals surface area contributed by atoms with Gasteiger partial charge in [-0.1, -0.05) is 13.0 Å². The van der Waals surface area contributed by atoms with Gasteiger partial charge in [0.25, 0.3) is 5.91 Å². The fraction of sp³-hybridized carbons (Fsp3) is 0.400. The Balaban J connectivity index is 2.20. The summed E-state index contributed by atoms with van der Waals surface area (Å²) in [6.45, 7) is 2.64. The summed E-state index contributed by atoms with van der Waals surface area (Å²) in [5.41, 5.74) is 5.82. The van der Waals surface area contributed by atoms with Crippen molar-refractivity contribution in [2.75, 3.05) is 13.1 Å². The zero-order chi connectivity index (χ0) is 15.6. The molecule has 0 radical (unpaired) electrons. The molecule has 21 heavy (non-hydrogen) atoms. The Morgan fingerprint density at radius 3 is 2.52 bits per heavy atom. The molecule has 1 aromatic rings. The highest BCUT2D eigenvalue weighted by Crippen LogP contribution is 2.23. The second kappa shape index (κ2) is 5.95. The van der Waals surface area contributed by atoms with Crippen LogP contribution in [0, 0.1) is 11.8 Å². The molecule has 2 amide bonds. The number of hydrogen-bond donors (Lipinski definition) is 2. The van der Waals surface area contributed by atoms with Crippen LogP contribution in [0.25, 0.3) is 0 Å². The highest BCUT2D eigenvalue weighted by atomic mass is 16.4. The maximum absolute atomic E-state index is 12.5. The third kappa shape index (κ3) is 3.39. The molecule has 1 aliphatic heterocycles. The molecule has 0 aliphatic carbocycles. The Hall–Kier alpha value is -2.37. The fourth-order valence-corrected chi connectivity index (χ4v) is 2.68. The molecule has 3 N–H and O–H groups in total. The van der Waals surface area contributed by atoms with Gasteiger partial charge in [-0.25, -0.2) is 0 Å². The van der Waals surface area contributed by atoms with E-state index >= 15 is 0 Å². The number of primary amides is 1. The first-order chi connectivity index (χ1) is 9.88. The molecule has 2 atom stereocenters. The molecule has 0 aromatic heterocycles. The van der Waals surface area contributed by atoms with Gasteiger partial charge in [-0.3, -0.25) is 14.4 Å². The Morgan fingerprint density at radius 2 is 1.90 bits per heavy atom. The van der Waals surface area contributed by atoms with Crippen molar-refractivity contribution in [3.63, 3.8) is 0 Å². The molecule has 1 aromatic carbocycles. The molecule has 0 saturated carbocycles. The van der Waals surface area contributed by atoms with E-state index < -0.39 is 17.8 Å². The second-order valence-corrected chi connectivity index (χ2v) is 5.53. The van der Waals surface area contributed by atoms with Crippen LogP contribution in [-0.4, -0.2) is 40.9 Å². The zero-order valence-corrected chi connectivity index (χ0v) is 11.8. The number of carboxylic acids is 1. The van der Waals surface area contributed by atoms with E-state index in [1.807, 2.05) is 6.92 Å². The predicted octanol–water partition coefficient (Wildman–Crippen LogP) is 0.968. The number of aliphatic carboxylic acids is 1. The molecule has 6 nitrogen and oxygen atoms in total. The van der Waals surface area contributed by atoms with Crippen LogP contribution in [0.5, 0.6) is 0 Å². The second-order valence-electron chi connectivity index (χ2n) is 5.53. The molecule has 0 spiro atoms. The highest BCUT2D eigenvalue weighted by Gasteiger charge is 2.32. The highest BCUT2D eigenvalue weighted by molar-refractivity contribution is 5.99. The summed E-state index contributed by atoms with van der Waals surface area (Å²) in [4.78, 5) is 36.3. The third-order valence-corrected chi connectivity index (χ3v) is 3.69. The van der Waals surface area contributed by atoms with E-state index in [2.05, 4.69) is 0 Å². The number of nitrogens with two attached hydrogens (primary N) is 1. The molecular formula is C15H18N2O4. The van der Waals surface area contributed by atoms with Gasteiger partial charge in [-0.15, -0.1) is 0 Å². The van der Waals surface area contributed by atoms with Crippen molar-refractivity contribution in [2.24, 2.45) is 17.6 Å². The lowest BCUT2D eigenvalue weighted by atomic mass is 9.90. The largest absolute Gasteiger partial charge is 0.481 e. The predicted molar refractivity (Wildman–Crippen MR) is 75.8 cm³/mol. The standard InChI is InChI=1S/C15H18N2O4/c1-9-5-12(15(20)21)8-17(7-9)14(19)11-4-2-3-10(6-11)13(16)18/h2-4,6,9,12H,5,7-8H2,1H3,(H2,16,18)(H,20,21). The molecule has 2 rings (SSSR count). The first kappa shape index (κ1) is 15.0. The summed E-state index contributed by atoms with van der Waals surface area (Å²) in [5.74, 6) is -2.17. The van der Waals surface area contributed by atoms with E-state index in [-0.39, 0.29) is 23.9 Å². The van der Waals surface area contributed by atoms with Crippen molar-refractivity contribution in [2.45, 2.75) is 13.3 Å². The SMILES string of the molecule is CC1CC(C(=O)O)CN(C(=O)c2cccc(C(N)=O)c2)C1. The number of carbonyl (C=O) groups is 3. The van der Waals surface area contributed by atoms with Crippen LogP contribution in [0.3, 0.4) is 0 Å². The van der Waals surface area contributed by atoms with E-state index in [1.54, 1.807) is 12.1 Å². The number of piperidine rings is 1. The van der Waals surface area contributed by atoms with E-state index in [4.69, 9.17) is 10.8 Å². The summed E-state index contributed by atoms with van der Waals surface area (Å²) in [5, 5.41) is 9.14. The van der Waals surface area contributed by atoms with Crippen LogP contribution in [0.2, 0.25) is 0 Å². The van der Waals surface area contributed by atoms with Crippen molar-refractivity contribution >= 4 is 17.8 Å². The number of likely N-dealkylation sites (tertiary alicyclic amines) is 1. The van der Waals surface area contributed by atoms with E-state index in [1.165, 1.54) is 17.0 Å². The van der Waals surface area contributed by atoms with E-state index in [0.29, 0.717) is 18.5 Å². The summed E-state index contributed by atoms with van der Waals surface area (Å²) in [6.07, 6.45) is 0.570. The Bertz CT molecular complexity index is 585. The first-order valence-corrected chi connectivity index (χ1v) is 6.80. The lowest BCUT2D eigenvalue weighted by Crippen LogP contribution is -2.45. The van der Waals surface area contributed by atoms with E-state index in [9.17, 15) is 14.4 Å². The van der Waals surface area contributed by atoms with E-state index in [0.717, 1.165) is 0 Å². The van der Waals surface area contributed by atoms with Gasteiger partial charge < -0.3 is 15.7 Å². The Morgan fingerprint density at radius 1 is 1.24 bits per heavy atom. The molecule has 2 unspecified atom stereocenters. The van der Waals surface area contributed by atoms with Gasteiger partial charge in [0, 0.05) is 24.2 Å². The lowest BCUT2D eigenvalue weighted by molar-refractivity contribution is -0.143. The number of nitrogens with zero attached hydrogens (tertiary/aromatic N) is 1. The number of carboxylic acid groups (broad SMARTS) is 1. The third-order valence-electron chi connectivity index (χ3n) is 3.69. The zero-order valence-electron chi connectivity index (χ0n) is 11.8. The molecule has 6 heteroatoms. The van der Waals surface area contributed by atoms with Crippen molar-refractivity contribution in [3.8, 4) is 0 Å². The van der Waals surface area contributed by atoms with Crippen LogP contribution < -0.4 is 5.73 Å². The van der Waals surface area contributed by atoms with Crippen molar-refractivity contribution in [3.05, 3.63) is 35.4 Å². The lowest BCUT2D eigenvalue weighted by Gasteiger charge is -2.34. The van der Waals surface area contributed by atoms with Crippen molar-refractivity contribution in [1.29, 1.82) is 0 Å². The number of amides is 2. The normalized spacial score (nSPS) is 21.9. The van der Waals surface area contributed by atoms with Gasteiger partial charge in [0.15, 0.2) is 0 Å². The quantitative estimate of drug-likeness (QED) is 0.866. The maximum atomic E-state index is 12.5. The average Bonchev–Trinajstić information content (AvgIpc) is 2.45. The molecule has 0 bridgehead atoms. The van der Waals surface area contributed by atoms with Crippen LogP contribution in [-0.2, 0) is 4.79 Å². The van der Waals surface area contributed by atoms with Crippen LogP contribution >= 0.6 is 0 Å². The fourth-order valence-electron chi connectivity index (χ4n) is 2.68. The van der Waals surface area contributed by atoms with Crippen LogP contribution in [0.4, 0.5) is 0 Å². The Kier molecular flexibility index (Phi) is 4.26. The number of benzene rings is 1. The van der Waals surface area contributed by atoms with Gasteiger partial charge in [0.2, 0.25) is 5.91 Å². The number of carbonyl (C=O) groups excluding carboxylic acids is 2. The first-order valence-electron chi connectivity index (χ1n) is 6.80. The molecule has 1 aliphatic rings. The summed E-state index contributed by atoms with van der Waals surface area (Å²) >= 11 is 0. The molecule has 112 valence electrons. The molecule has 1 fully saturated rings. The minimum Gasteiger partial charge on any atom is -0.481 e. The van der Waals surface area contributed by atoms with Gasteiger partial charge in [-0.2, -0.15) is 0 Å². The van der Waals surface area contributed by atoms with Crippen molar-refractivity contribution < 1.29 is 19.5 Å². The number of rotatable bonds is 3. The van der Waals surface area contributed by atoms with Crippen molar-refractivity contribution in [1.82, 2.24) is 4.90 Å². The monoisotopic (exact) mass is 290 g/mol. The molecule has 1 heterocycles. The topological polar surface area (TPSA) is 101 Å². The van der Waals surface area contributed by atoms with Crippen LogP contribution in [0.15, 0.2) is 24.3 Å². The molecular weight excluding hydrogens is 272 g/mol. The van der Waals surface area contributed by atoms with Crippen LogP contribution in [0.1, 0.15) is 34.1 Å².